The van der Waals surface area contributed by atoms with Gasteiger partial charge in [0, 0.05) is 0 Å². The minimum Gasteiger partial charge on any atom is -0.411 e. The van der Waals surface area contributed by atoms with Crippen LogP contribution in [0.4, 0.5) is 0 Å². The minimum atomic E-state index is -0.459. The van der Waals surface area contributed by atoms with E-state index in [0.717, 1.165) is 11.0 Å². The van der Waals surface area contributed by atoms with Crippen molar-refractivity contribution in [1.29, 1.82) is 0 Å². The number of oxime groups is 1. The summed E-state index contributed by atoms with van der Waals surface area (Å²) in [5, 5.41) is 16.6. The highest BCUT2D eigenvalue weighted by molar-refractivity contribution is 7.98. The van der Waals surface area contributed by atoms with Crippen molar-refractivity contribution in [3.05, 3.63) is 5.82 Å². The van der Waals surface area contributed by atoms with Gasteiger partial charge in [0.05, 0.1) is 11.8 Å². The van der Waals surface area contributed by atoms with Crippen molar-refractivity contribution in [2.75, 3.05) is 6.26 Å². The lowest BCUT2D eigenvalue weighted by molar-refractivity contribution is 0.309. The second-order valence-corrected chi connectivity index (χ2v) is 4.23. The molecule has 6 heteroatoms. The van der Waals surface area contributed by atoms with Gasteiger partial charge in [-0.15, -0.1) is 5.10 Å². The number of nitrogens with zero attached hydrogens (tertiary/aromatic N) is 4. The molecule has 0 aliphatic heterocycles. The fourth-order valence-corrected chi connectivity index (χ4v) is 1.58. The summed E-state index contributed by atoms with van der Waals surface area (Å²) < 4.78 is 1.73. The maximum atomic E-state index is 8.52. The number of aryl methyl sites for hydroxylation is 1. The van der Waals surface area contributed by atoms with Crippen LogP contribution in [0.1, 0.15) is 19.7 Å². The van der Waals surface area contributed by atoms with E-state index >= 15 is 0 Å². The Labute approximate surface area is 87.2 Å². The third-order valence-corrected chi connectivity index (χ3v) is 2.39. The van der Waals surface area contributed by atoms with E-state index in [4.69, 9.17) is 5.21 Å². The molecule has 0 saturated heterocycles. The van der Waals surface area contributed by atoms with Crippen molar-refractivity contribution in [3.63, 3.8) is 0 Å². The van der Waals surface area contributed by atoms with Crippen LogP contribution in [-0.2, 0) is 5.54 Å². The SMILES string of the molecule is CSc1nc(C)n(C(C)(C)C=NO)n1. The zero-order valence-electron chi connectivity index (χ0n) is 8.72. The van der Waals surface area contributed by atoms with Crippen LogP contribution in [0.15, 0.2) is 10.3 Å². The van der Waals surface area contributed by atoms with E-state index in [-0.39, 0.29) is 0 Å². The molecule has 5 nitrogen and oxygen atoms in total. The van der Waals surface area contributed by atoms with Crippen LogP contribution < -0.4 is 0 Å². The summed E-state index contributed by atoms with van der Waals surface area (Å²) in [5.41, 5.74) is -0.459. The molecular weight excluding hydrogens is 200 g/mol. The Morgan fingerprint density at radius 2 is 2.21 bits per heavy atom. The first-order chi connectivity index (χ1) is 6.51. The van der Waals surface area contributed by atoms with Crippen LogP contribution in [-0.4, -0.2) is 32.4 Å². The Hall–Kier alpha value is -1.04. The summed E-state index contributed by atoms with van der Waals surface area (Å²) in [6.07, 6.45) is 3.35. The zero-order valence-corrected chi connectivity index (χ0v) is 9.54. The molecule has 0 amide bonds. The second kappa shape index (κ2) is 4.00. The molecule has 14 heavy (non-hydrogen) atoms. The highest BCUT2D eigenvalue weighted by atomic mass is 32.2. The summed E-state index contributed by atoms with van der Waals surface area (Å²) in [6, 6.07) is 0. The first kappa shape index (κ1) is 11.0. The average Bonchev–Trinajstić information content (AvgIpc) is 2.47. The predicted octanol–water partition coefficient (Wildman–Crippen LogP) is 1.50. The van der Waals surface area contributed by atoms with Crippen molar-refractivity contribution in [1.82, 2.24) is 14.8 Å². The van der Waals surface area contributed by atoms with E-state index in [1.807, 2.05) is 27.0 Å². The van der Waals surface area contributed by atoms with Gasteiger partial charge in [-0.1, -0.05) is 16.9 Å². The zero-order chi connectivity index (χ0) is 10.8. The Kier molecular flexibility index (Phi) is 3.15. The molecule has 0 fully saturated rings. The molecule has 1 rings (SSSR count). The van der Waals surface area contributed by atoms with Crippen molar-refractivity contribution < 1.29 is 5.21 Å². The number of hydrogen-bond acceptors (Lipinski definition) is 5. The van der Waals surface area contributed by atoms with Crippen molar-refractivity contribution in [3.8, 4) is 0 Å². The molecule has 0 aromatic carbocycles. The van der Waals surface area contributed by atoms with E-state index < -0.39 is 5.54 Å². The van der Waals surface area contributed by atoms with Crippen LogP contribution >= 0.6 is 11.8 Å². The number of aromatic nitrogens is 3. The van der Waals surface area contributed by atoms with Gasteiger partial charge in [-0.05, 0) is 27.0 Å². The molecule has 0 radical (unpaired) electrons. The topological polar surface area (TPSA) is 63.3 Å². The lowest BCUT2D eigenvalue weighted by Crippen LogP contribution is -2.30. The van der Waals surface area contributed by atoms with Crippen molar-refractivity contribution >= 4 is 18.0 Å². The molecule has 78 valence electrons. The maximum absolute atomic E-state index is 8.52. The standard InChI is InChI=1S/C8H14N4OS/c1-6-10-7(14-4)11-12(6)8(2,3)5-9-13/h5,13H,1-4H3. The number of hydrogen-bond donors (Lipinski definition) is 1. The average molecular weight is 214 g/mol. The van der Waals surface area contributed by atoms with Gasteiger partial charge in [0.1, 0.15) is 5.82 Å². The van der Waals surface area contributed by atoms with Gasteiger partial charge in [-0.3, -0.25) is 0 Å². The number of rotatable bonds is 3. The lowest BCUT2D eigenvalue weighted by atomic mass is 10.1. The van der Waals surface area contributed by atoms with E-state index in [1.54, 1.807) is 4.68 Å². The van der Waals surface area contributed by atoms with Crippen LogP contribution in [0.3, 0.4) is 0 Å². The van der Waals surface area contributed by atoms with Gasteiger partial charge in [0.25, 0.3) is 0 Å². The molecule has 0 saturated carbocycles. The minimum absolute atomic E-state index is 0.459. The summed E-state index contributed by atoms with van der Waals surface area (Å²) in [7, 11) is 0. The first-order valence-electron chi connectivity index (χ1n) is 4.18. The van der Waals surface area contributed by atoms with Gasteiger partial charge < -0.3 is 5.21 Å². The molecule has 0 atom stereocenters. The second-order valence-electron chi connectivity index (χ2n) is 3.46. The third kappa shape index (κ3) is 2.06. The van der Waals surface area contributed by atoms with E-state index in [9.17, 15) is 0 Å². The fraction of sp³-hybridized carbons (Fsp3) is 0.625. The normalized spacial score (nSPS) is 12.6. The highest BCUT2D eigenvalue weighted by Gasteiger charge is 2.22. The van der Waals surface area contributed by atoms with E-state index in [1.165, 1.54) is 18.0 Å². The fourth-order valence-electron chi connectivity index (χ4n) is 1.19. The maximum Gasteiger partial charge on any atom is 0.208 e. The van der Waals surface area contributed by atoms with E-state index in [2.05, 4.69) is 15.2 Å². The smallest absolute Gasteiger partial charge is 0.208 e. The Balaban J connectivity index is 3.11. The largest absolute Gasteiger partial charge is 0.411 e. The molecular formula is C8H14N4OS. The molecule has 0 bridgehead atoms. The van der Waals surface area contributed by atoms with E-state index in [0.29, 0.717) is 0 Å². The van der Waals surface area contributed by atoms with Crippen LogP contribution in [0.2, 0.25) is 0 Å². The molecule has 0 aliphatic rings. The van der Waals surface area contributed by atoms with Gasteiger partial charge >= 0.3 is 0 Å². The van der Waals surface area contributed by atoms with Gasteiger partial charge in [0.2, 0.25) is 5.16 Å². The Morgan fingerprint density at radius 3 is 2.64 bits per heavy atom. The molecule has 0 spiro atoms. The Bertz CT molecular complexity index is 345. The van der Waals surface area contributed by atoms with Gasteiger partial charge in [-0.25, -0.2) is 9.67 Å². The summed E-state index contributed by atoms with van der Waals surface area (Å²) in [6.45, 7) is 5.68. The predicted molar refractivity (Wildman–Crippen MR) is 56.1 cm³/mol. The van der Waals surface area contributed by atoms with Crippen molar-refractivity contribution in [2.45, 2.75) is 31.5 Å². The number of thioether (sulfide) groups is 1. The summed E-state index contributed by atoms with van der Waals surface area (Å²) in [5.74, 6) is 0.805. The molecule has 1 heterocycles. The molecule has 0 aliphatic carbocycles. The Morgan fingerprint density at radius 1 is 1.57 bits per heavy atom. The van der Waals surface area contributed by atoms with Crippen LogP contribution in [0.25, 0.3) is 0 Å². The van der Waals surface area contributed by atoms with Crippen LogP contribution in [0, 0.1) is 6.92 Å². The lowest BCUT2D eigenvalue weighted by Gasteiger charge is -2.19. The molecule has 0 unspecified atom stereocenters. The first-order valence-corrected chi connectivity index (χ1v) is 5.40. The molecule has 1 aromatic heterocycles. The third-order valence-electron chi connectivity index (χ3n) is 1.85. The molecule has 1 N–H and O–H groups in total. The van der Waals surface area contributed by atoms with Gasteiger partial charge in [0.15, 0.2) is 0 Å². The van der Waals surface area contributed by atoms with Crippen molar-refractivity contribution in [2.24, 2.45) is 5.16 Å². The summed E-state index contributed by atoms with van der Waals surface area (Å²) in [4.78, 5) is 4.25. The monoisotopic (exact) mass is 214 g/mol. The molecule has 1 aromatic rings. The van der Waals surface area contributed by atoms with Gasteiger partial charge in [-0.2, -0.15) is 0 Å². The van der Waals surface area contributed by atoms with Crippen LogP contribution in [0.5, 0.6) is 0 Å². The summed E-state index contributed by atoms with van der Waals surface area (Å²) >= 11 is 1.49. The highest BCUT2D eigenvalue weighted by Crippen LogP contribution is 2.17. The quantitative estimate of drug-likeness (QED) is 0.358.